The number of carbonyl (C=O) groups is 4. The van der Waals surface area contributed by atoms with Crippen LogP contribution < -0.4 is 0 Å². The van der Waals surface area contributed by atoms with Crippen molar-refractivity contribution in [3.8, 4) is 0 Å². The lowest BCUT2D eigenvalue weighted by atomic mass is 9.91. The molecule has 0 aliphatic carbocycles. The number of carbonyl (C=O) groups excluding carboxylic acids is 4. The summed E-state index contributed by atoms with van der Waals surface area (Å²) in [5.41, 5.74) is -0.0711. The summed E-state index contributed by atoms with van der Waals surface area (Å²) in [6, 6.07) is 5.43. The van der Waals surface area contributed by atoms with E-state index in [-0.39, 0.29) is 35.9 Å². The van der Waals surface area contributed by atoms with Crippen LogP contribution in [0.4, 0.5) is 0 Å². The minimum absolute atomic E-state index is 0.0511. The molecule has 2 amide bonds. The van der Waals surface area contributed by atoms with Gasteiger partial charge in [0.05, 0.1) is 11.1 Å². The van der Waals surface area contributed by atoms with Crippen molar-refractivity contribution < 1.29 is 23.9 Å². The molecule has 140 valence electrons. The van der Waals surface area contributed by atoms with Crippen molar-refractivity contribution >= 4 is 23.6 Å². The normalized spacial score (nSPS) is 15.2. The van der Waals surface area contributed by atoms with Crippen molar-refractivity contribution in [3.05, 3.63) is 35.4 Å². The van der Waals surface area contributed by atoms with Crippen molar-refractivity contribution in [1.82, 2.24) is 4.90 Å². The van der Waals surface area contributed by atoms with Crippen molar-refractivity contribution in [3.63, 3.8) is 0 Å². The molecule has 0 unspecified atom stereocenters. The van der Waals surface area contributed by atoms with E-state index in [2.05, 4.69) is 0 Å². The van der Waals surface area contributed by atoms with Crippen LogP contribution in [0.25, 0.3) is 0 Å². The highest BCUT2D eigenvalue weighted by Gasteiger charge is 2.43. The molecule has 0 fully saturated rings. The van der Waals surface area contributed by atoms with Crippen molar-refractivity contribution in [2.45, 2.75) is 47.1 Å². The second-order valence-corrected chi connectivity index (χ2v) is 7.95. The zero-order chi connectivity index (χ0) is 19.6. The van der Waals surface area contributed by atoms with Gasteiger partial charge < -0.3 is 4.74 Å². The monoisotopic (exact) mass is 359 g/mol. The van der Waals surface area contributed by atoms with Crippen LogP contribution >= 0.6 is 0 Å². The first-order valence-electron chi connectivity index (χ1n) is 8.71. The van der Waals surface area contributed by atoms with Crippen LogP contribution in [0.1, 0.15) is 61.8 Å². The van der Waals surface area contributed by atoms with E-state index in [4.69, 9.17) is 4.74 Å². The van der Waals surface area contributed by atoms with E-state index in [1.54, 1.807) is 45.0 Å². The van der Waals surface area contributed by atoms with E-state index in [1.165, 1.54) is 0 Å². The minimum atomic E-state index is -1.05. The third-order valence-electron chi connectivity index (χ3n) is 4.29. The molecule has 0 radical (unpaired) electrons. The van der Waals surface area contributed by atoms with Gasteiger partial charge in [-0.25, -0.2) is 4.79 Å². The fourth-order valence-corrected chi connectivity index (χ4v) is 2.69. The van der Waals surface area contributed by atoms with Crippen LogP contribution in [0.2, 0.25) is 0 Å². The molecular weight excluding hydrogens is 334 g/mol. The summed E-state index contributed by atoms with van der Waals surface area (Å²) in [6.07, 6.45) is 0.272. The standard InChI is InChI=1S/C20H25NO5/c1-12(2)10-15(19(25)26-11-16(22)20(3,4)5)21-17(23)13-8-6-7-9-14(13)18(21)24/h6-9,12,15H,10-11H2,1-5H3/t15-/m1/s1. The molecule has 0 saturated carbocycles. The number of esters is 1. The van der Waals surface area contributed by atoms with Crippen LogP contribution in [0.5, 0.6) is 0 Å². The number of ketones is 1. The quantitative estimate of drug-likeness (QED) is 0.576. The van der Waals surface area contributed by atoms with Gasteiger partial charge in [0.15, 0.2) is 12.4 Å². The highest BCUT2D eigenvalue weighted by Crippen LogP contribution is 2.27. The fraction of sp³-hybridized carbons (Fsp3) is 0.500. The summed E-state index contributed by atoms with van der Waals surface area (Å²) in [6.45, 7) is 8.61. The predicted molar refractivity (Wildman–Crippen MR) is 95.6 cm³/mol. The summed E-state index contributed by atoms with van der Waals surface area (Å²) in [7, 11) is 0. The van der Waals surface area contributed by atoms with Gasteiger partial charge in [0.1, 0.15) is 6.04 Å². The van der Waals surface area contributed by atoms with E-state index in [1.807, 2.05) is 13.8 Å². The average Bonchev–Trinajstić information content (AvgIpc) is 2.81. The molecule has 1 heterocycles. The van der Waals surface area contributed by atoms with Gasteiger partial charge in [0, 0.05) is 5.41 Å². The van der Waals surface area contributed by atoms with Crippen LogP contribution in [0.3, 0.4) is 0 Å². The van der Waals surface area contributed by atoms with Gasteiger partial charge in [0.25, 0.3) is 11.8 Å². The van der Waals surface area contributed by atoms with Crippen LogP contribution in [-0.2, 0) is 14.3 Å². The zero-order valence-electron chi connectivity index (χ0n) is 15.9. The summed E-state index contributed by atoms with van der Waals surface area (Å²) in [4.78, 5) is 50.9. The van der Waals surface area contributed by atoms with E-state index in [0.29, 0.717) is 0 Å². The van der Waals surface area contributed by atoms with E-state index in [9.17, 15) is 19.2 Å². The molecule has 2 rings (SSSR count). The number of imide groups is 1. The Kier molecular flexibility index (Phi) is 5.64. The molecule has 0 aromatic heterocycles. The van der Waals surface area contributed by atoms with Gasteiger partial charge in [-0.1, -0.05) is 46.8 Å². The number of amides is 2. The third-order valence-corrected chi connectivity index (χ3v) is 4.29. The van der Waals surface area contributed by atoms with Gasteiger partial charge in [-0.2, -0.15) is 0 Å². The predicted octanol–water partition coefficient (Wildman–Crippen LogP) is 2.86. The average molecular weight is 359 g/mol. The first-order chi connectivity index (χ1) is 12.0. The number of rotatable bonds is 6. The van der Waals surface area contributed by atoms with E-state index in [0.717, 1.165) is 4.90 Å². The second-order valence-electron chi connectivity index (χ2n) is 7.95. The Morgan fingerprint density at radius 2 is 1.54 bits per heavy atom. The molecule has 0 saturated heterocycles. The van der Waals surface area contributed by atoms with Crippen molar-refractivity contribution in [1.29, 1.82) is 0 Å². The Balaban J connectivity index is 2.23. The van der Waals surface area contributed by atoms with E-state index < -0.39 is 29.2 Å². The maximum atomic E-state index is 12.7. The van der Waals surface area contributed by atoms with Gasteiger partial charge in [-0.15, -0.1) is 0 Å². The highest BCUT2D eigenvalue weighted by molar-refractivity contribution is 6.22. The van der Waals surface area contributed by atoms with Crippen LogP contribution in [0, 0.1) is 11.3 Å². The number of hydrogen-bond donors (Lipinski definition) is 0. The van der Waals surface area contributed by atoms with Crippen LogP contribution in [0.15, 0.2) is 24.3 Å². The maximum absolute atomic E-state index is 12.7. The zero-order valence-corrected chi connectivity index (χ0v) is 15.9. The van der Waals surface area contributed by atoms with Gasteiger partial charge >= 0.3 is 5.97 Å². The SMILES string of the molecule is CC(C)C[C@H](C(=O)OCC(=O)C(C)(C)C)N1C(=O)c2ccccc2C1=O. The lowest BCUT2D eigenvalue weighted by molar-refractivity contribution is -0.154. The summed E-state index contributed by atoms with van der Waals surface area (Å²) >= 11 is 0. The first-order valence-corrected chi connectivity index (χ1v) is 8.71. The fourth-order valence-electron chi connectivity index (χ4n) is 2.69. The molecular formula is C20H25NO5. The van der Waals surface area contributed by atoms with Gasteiger partial charge in [-0.05, 0) is 24.5 Å². The summed E-state index contributed by atoms with van der Waals surface area (Å²) < 4.78 is 5.17. The first kappa shape index (κ1) is 19.8. The third kappa shape index (κ3) is 4.00. The number of benzene rings is 1. The molecule has 1 aromatic rings. The minimum Gasteiger partial charge on any atom is -0.456 e. The van der Waals surface area contributed by atoms with Gasteiger partial charge in [-0.3, -0.25) is 19.3 Å². The molecule has 6 heteroatoms. The molecule has 1 aliphatic rings. The summed E-state index contributed by atoms with van der Waals surface area (Å²) in [5, 5.41) is 0. The Bertz CT molecular complexity index is 710. The molecule has 0 spiro atoms. The Morgan fingerprint density at radius 1 is 1.04 bits per heavy atom. The van der Waals surface area contributed by atoms with Crippen LogP contribution in [-0.4, -0.2) is 41.1 Å². The molecule has 26 heavy (non-hydrogen) atoms. The molecule has 0 N–H and O–H groups in total. The largest absolute Gasteiger partial charge is 0.456 e. The molecule has 1 aliphatic heterocycles. The van der Waals surface area contributed by atoms with Gasteiger partial charge in [0.2, 0.25) is 0 Å². The number of ether oxygens (including phenoxy) is 1. The molecule has 6 nitrogen and oxygen atoms in total. The second kappa shape index (κ2) is 7.40. The van der Waals surface area contributed by atoms with E-state index >= 15 is 0 Å². The number of hydrogen-bond acceptors (Lipinski definition) is 5. The topological polar surface area (TPSA) is 80.8 Å². The Morgan fingerprint density at radius 3 is 1.96 bits per heavy atom. The number of nitrogens with zero attached hydrogens (tertiary/aromatic N) is 1. The molecule has 1 atom stereocenters. The smallest absolute Gasteiger partial charge is 0.329 e. The Labute approximate surface area is 153 Å². The molecule has 0 bridgehead atoms. The summed E-state index contributed by atoms with van der Waals surface area (Å²) in [5.74, 6) is -1.91. The Hall–Kier alpha value is -2.50. The van der Waals surface area contributed by atoms with Crippen molar-refractivity contribution in [2.24, 2.45) is 11.3 Å². The number of fused-ring (bicyclic) bond motifs is 1. The lowest BCUT2D eigenvalue weighted by Crippen LogP contribution is -2.47. The highest BCUT2D eigenvalue weighted by atomic mass is 16.5. The lowest BCUT2D eigenvalue weighted by Gasteiger charge is -2.26. The van der Waals surface area contributed by atoms with Crippen molar-refractivity contribution in [2.75, 3.05) is 6.61 Å². The number of Topliss-reactive ketones (excluding diaryl/α,β-unsaturated/α-hetero) is 1. The maximum Gasteiger partial charge on any atom is 0.329 e. The molecule has 1 aromatic carbocycles.